The van der Waals surface area contributed by atoms with Crippen LogP contribution in [0.15, 0.2) is 0 Å². The number of hydrogen-bond acceptors (Lipinski definition) is 2. The van der Waals surface area contributed by atoms with Crippen molar-refractivity contribution in [2.75, 3.05) is 13.1 Å². The third-order valence-electron chi connectivity index (χ3n) is 2.83. The fourth-order valence-corrected chi connectivity index (χ4v) is 1.81. The molecule has 1 aliphatic heterocycles. The van der Waals surface area contributed by atoms with Gasteiger partial charge < -0.3 is 10.6 Å². The first-order valence-electron chi connectivity index (χ1n) is 5.72. The van der Waals surface area contributed by atoms with E-state index < -0.39 is 0 Å². The Bertz CT molecular complexity index is 174. The summed E-state index contributed by atoms with van der Waals surface area (Å²) in [5.41, 5.74) is 0. The van der Waals surface area contributed by atoms with E-state index in [0.29, 0.717) is 18.4 Å². The maximum Gasteiger partial charge on any atom is 0.219 e. The first-order valence-corrected chi connectivity index (χ1v) is 5.72. The molecule has 82 valence electrons. The van der Waals surface area contributed by atoms with Crippen molar-refractivity contribution in [3.63, 3.8) is 0 Å². The highest BCUT2D eigenvalue weighted by atomic mass is 16.1. The topological polar surface area (TPSA) is 41.1 Å². The fourth-order valence-electron chi connectivity index (χ4n) is 1.81. The van der Waals surface area contributed by atoms with E-state index in [2.05, 4.69) is 17.6 Å². The van der Waals surface area contributed by atoms with Crippen molar-refractivity contribution in [1.82, 2.24) is 10.6 Å². The molecule has 0 aromatic rings. The van der Waals surface area contributed by atoms with Gasteiger partial charge in [-0.2, -0.15) is 0 Å². The smallest absolute Gasteiger partial charge is 0.219 e. The minimum absolute atomic E-state index is 0.200. The minimum Gasteiger partial charge on any atom is -0.356 e. The molecule has 0 radical (unpaired) electrons. The standard InChI is InChI=1S/C11H22N2O/c1-3-4-11(14)13-8-10-6-5-9(2)12-7-10/h9-10,12H,3-8H2,1-2H3,(H,13,14). The van der Waals surface area contributed by atoms with E-state index >= 15 is 0 Å². The maximum absolute atomic E-state index is 11.2. The number of carbonyl (C=O) groups is 1. The molecule has 2 N–H and O–H groups in total. The van der Waals surface area contributed by atoms with Gasteiger partial charge in [0.2, 0.25) is 5.91 Å². The lowest BCUT2D eigenvalue weighted by Crippen LogP contribution is -2.41. The Labute approximate surface area is 86.6 Å². The highest BCUT2D eigenvalue weighted by Gasteiger charge is 2.17. The van der Waals surface area contributed by atoms with E-state index in [9.17, 15) is 4.79 Å². The summed E-state index contributed by atoms with van der Waals surface area (Å²) in [6, 6.07) is 0.651. The molecule has 0 spiro atoms. The lowest BCUT2D eigenvalue weighted by Gasteiger charge is -2.27. The second kappa shape index (κ2) is 6.02. The zero-order valence-corrected chi connectivity index (χ0v) is 9.31. The van der Waals surface area contributed by atoms with Crippen molar-refractivity contribution in [3.8, 4) is 0 Å². The molecule has 1 rings (SSSR count). The zero-order chi connectivity index (χ0) is 10.4. The predicted molar refractivity (Wildman–Crippen MR) is 58.1 cm³/mol. The van der Waals surface area contributed by atoms with Crippen LogP contribution in [0.1, 0.15) is 39.5 Å². The van der Waals surface area contributed by atoms with E-state index in [1.807, 2.05) is 6.92 Å². The predicted octanol–water partition coefficient (Wildman–Crippen LogP) is 1.29. The Kier molecular flexibility index (Phi) is 4.94. The molecule has 1 amide bonds. The molecule has 1 saturated heterocycles. The number of amides is 1. The van der Waals surface area contributed by atoms with E-state index in [-0.39, 0.29) is 5.91 Å². The number of nitrogens with one attached hydrogen (secondary N) is 2. The second-order valence-corrected chi connectivity index (χ2v) is 4.31. The molecule has 3 nitrogen and oxygen atoms in total. The Morgan fingerprint density at radius 3 is 2.86 bits per heavy atom. The van der Waals surface area contributed by atoms with Crippen LogP contribution in [-0.2, 0) is 4.79 Å². The lowest BCUT2D eigenvalue weighted by molar-refractivity contribution is -0.121. The maximum atomic E-state index is 11.2. The summed E-state index contributed by atoms with van der Waals surface area (Å²) < 4.78 is 0. The molecule has 1 fully saturated rings. The van der Waals surface area contributed by atoms with Crippen molar-refractivity contribution in [1.29, 1.82) is 0 Å². The Morgan fingerprint density at radius 2 is 2.29 bits per heavy atom. The third kappa shape index (κ3) is 4.09. The molecule has 14 heavy (non-hydrogen) atoms. The van der Waals surface area contributed by atoms with Crippen molar-refractivity contribution in [2.24, 2.45) is 5.92 Å². The second-order valence-electron chi connectivity index (χ2n) is 4.31. The van der Waals surface area contributed by atoms with Crippen LogP contribution in [0.5, 0.6) is 0 Å². The van der Waals surface area contributed by atoms with Crippen LogP contribution in [-0.4, -0.2) is 25.0 Å². The van der Waals surface area contributed by atoms with Gasteiger partial charge in [0.15, 0.2) is 0 Å². The summed E-state index contributed by atoms with van der Waals surface area (Å²) >= 11 is 0. The van der Waals surface area contributed by atoms with E-state index in [1.165, 1.54) is 12.8 Å². The zero-order valence-electron chi connectivity index (χ0n) is 9.31. The van der Waals surface area contributed by atoms with Gasteiger partial charge in [0, 0.05) is 19.0 Å². The number of carbonyl (C=O) groups excluding carboxylic acids is 1. The highest BCUT2D eigenvalue weighted by Crippen LogP contribution is 2.12. The van der Waals surface area contributed by atoms with Gasteiger partial charge in [0.05, 0.1) is 0 Å². The largest absolute Gasteiger partial charge is 0.356 e. The SMILES string of the molecule is CCCC(=O)NCC1CCC(C)NC1. The molecule has 0 saturated carbocycles. The Morgan fingerprint density at radius 1 is 1.50 bits per heavy atom. The molecular weight excluding hydrogens is 176 g/mol. The van der Waals surface area contributed by atoms with Gasteiger partial charge >= 0.3 is 0 Å². The van der Waals surface area contributed by atoms with Gasteiger partial charge in [-0.3, -0.25) is 4.79 Å². The van der Waals surface area contributed by atoms with Gasteiger partial charge in [-0.15, -0.1) is 0 Å². The van der Waals surface area contributed by atoms with Crippen molar-refractivity contribution in [2.45, 2.75) is 45.6 Å². The Hall–Kier alpha value is -0.570. The van der Waals surface area contributed by atoms with Gasteiger partial charge in [-0.1, -0.05) is 6.92 Å². The van der Waals surface area contributed by atoms with Crippen LogP contribution >= 0.6 is 0 Å². The van der Waals surface area contributed by atoms with Crippen LogP contribution in [0.2, 0.25) is 0 Å². The van der Waals surface area contributed by atoms with E-state index in [4.69, 9.17) is 0 Å². The van der Waals surface area contributed by atoms with E-state index in [1.54, 1.807) is 0 Å². The van der Waals surface area contributed by atoms with Crippen LogP contribution in [0.25, 0.3) is 0 Å². The van der Waals surface area contributed by atoms with Gasteiger partial charge in [0.1, 0.15) is 0 Å². The fraction of sp³-hybridized carbons (Fsp3) is 0.909. The van der Waals surface area contributed by atoms with Crippen molar-refractivity contribution in [3.05, 3.63) is 0 Å². The molecule has 3 heteroatoms. The molecule has 1 aliphatic rings. The van der Waals surface area contributed by atoms with Crippen molar-refractivity contribution >= 4 is 5.91 Å². The quantitative estimate of drug-likeness (QED) is 0.714. The molecule has 0 aliphatic carbocycles. The normalized spacial score (nSPS) is 27.3. The minimum atomic E-state index is 0.200. The summed E-state index contributed by atoms with van der Waals surface area (Å²) in [6.45, 7) is 6.14. The monoisotopic (exact) mass is 198 g/mol. The molecule has 0 aromatic carbocycles. The average Bonchev–Trinajstić information content (AvgIpc) is 2.17. The number of piperidine rings is 1. The first kappa shape index (κ1) is 11.5. The van der Waals surface area contributed by atoms with Gasteiger partial charge in [-0.05, 0) is 38.6 Å². The average molecular weight is 198 g/mol. The van der Waals surface area contributed by atoms with Gasteiger partial charge in [-0.25, -0.2) is 0 Å². The number of hydrogen-bond donors (Lipinski definition) is 2. The van der Waals surface area contributed by atoms with Gasteiger partial charge in [0.25, 0.3) is 0 Å². The molecule has 0 aromatic heterocycles. The summed E-state index contributed by atoms with van der Waals surface area (Å²) in [5.74, 6) is 0.832. The van der Waals surface area contributed by atoms with Crippen LogP contribution in [0, 0.1) is 5.92 Å². The molecule has 2 atom stereocenters. The third-order valence-corrected chi connectivity index (χ3v) is 2.83. The Balaban J connectivity index is 2.09. The lowest BCUT2D eigenvalue weighted by atomic mass is 9.95. The first-order chi connectivity index (χ1) is 6.72. The molecule has 0 bridgehead atoms. The summed E-state index contributed by atoms with van der Waals surface area (Å²) in [5, 5.41) is 6.43. The van der Waals surface area contributed by atoms with Crippen LogP contribution in [0.4, 0.5) is 0 Å². The van der Waals surface area contributed by atoms with Crippen LogP contribution < -0.4 is 10.6 Å². The highest BCUT2D eigenvalue weighted by molar-refractivity contribution is 5.75. The summed E-state index contributed by atoms with van der Waals surface area (Å²) in [7, 11) is 0. The van der Waals surface area contributed by atoms with Crippen molar-refractivity contribution < 1.29 is 4.79 Å². The van der Waals surface area contributed by atoms with Crippen LogP contribution in [0.3, 0.4) is 0 Å². The summed E-state index contributed by atoms with van der Waals surface area (Å²) in [6.07, 6.45) is 4.07. The molecular formula is C11H22N2O. The molecule has 1 heterocycles. The van der Waals surface area contributed by atoms with E-state index in [0.717, 1.165) is 19.5 Å². The molecule has 2 unspecified atom stereocenters. The number of rotatable bonds is 4. The summed E-state index contributed by atoms with van der Waals surface area (Å²) in [4.78, 5) is 11.2.